The van der Waals surface area contributed by atoms with Crippen molar-refractivity contribution >= 4 is 5.91 Å². The van der Waals surface area contributed by atoms with Gasteiger partial charge in [-0.2, -0.15) is 0 Å². The Morgan fingerprint density at radius 3 is 2.50 bits per heavy atom. The second-order valence-corrected chi connectivity index (χ2v) is 6.22. The zero-order valence-corrected chi connectivity index (χ0v) is 11.3. The van der Waals surface area contributed by atoms with Crippen molar-refractivity contribution in [2.75, 3.05) is 19.7 Å². The minimum atomic E-state index is 0.134. The number of carbonyl (C=O) groups excluding carboxylic acids is 1. The topological polar surface area (TPSA) is 66.6 Å². The van der Waals surface area contributed by atoms with E-state index in [9.17, 15) is 4.79 Å². The van der Waals surface area contributed by atoms with E-state index in [1.807, 2.05) is 4.90 Å². The molecule has 0 aromatic heterocycles. The minimum Gasteiger partial charge on any atom is -0.396 e. The van der Waals surface area contributed by atoms with Crippen LogP contribution in [0.15, 0.2) is 0 Å². The lowest BCUT2D eigenvalue weighted by atomic mass is 9.79. The van der Waals surface area contributed by atoms with E-state index >= 15 is 0 Å². The molecule has 1 aliphatic heterocycles. The largest absolute Gasteiger partial charge is 0.396 e. The molecule has 0 aromatic rings. The molecule has 0 aromatic carbocycles. The van der Waals surface area contributed by atoms with Crippen LogP contribution in [-0.4, -0.2) is 41.7 Å². The van der Waals surface area contributed by atoms with Crippen molar-refractivity contribution in [2.45, 2.75) is 45.1 Å². The summed E-state index contributed by atoms with van der Waals surface area (Å²) in [5.41, 5.74) is 6.02. The van der Waals surface area contributed by atoms with Crippen molar-refractivity contribution in [1.29, 1.82) is 0 Å². The van der Waals surface area contributed by atoms with Crippen LogP contribution in [0.1, 0.15) is 39.0 Å². The van der Waals surface area contributed by atoms with Gasteiger partial charge in [-0.3, -0.25) is 4.79 Å². The molecule has 0 spiro atoms. The number of rotatable bonds is 2. The maximum atomic E-state index is 12.4. The Labute approximate surface area is 110 Å². The molecule has 0 bridgehead atoms. The number of carbonyl (C=O) groups is 1. The lowest BCUT2D eigenvalue weighted by Gasteiger charge is -2.37. The molecule has 2 fully saturated rings. The summed E-state index contributed by atoms with van der Waals surface area (Å²) in [6.07, 6.45) is 4.78. The molecule has 0 radical (unpaired) electrons. The average molecular weight is 254 g/mol. The second-order valence-electron chi connectivity index (χ2n) is 6.22. The molecular formula is C14H26N2O2. The first kappa shape index (κ1) is 13.8. The van der Waals surface area contributed by atoms with E-state index in [0.717, 1.165) is 45.2 Å². The molecule has 1 aliphatic carbocycles. The molecule has 3 atom stereocenters. The van der Waals surface area contributed by atoms with Gasteiger partial charge >= 0.3 is 0 Å². The van der Waals surface area contributed by atoms with Crippen molar-refractivity contribution < 1.29 is 9.90 Å². The predicted molar refractivity (Wildman–Crippen MR) is 70.9 cm³/mol. The van der Waals surface area contributed by atoms with Crippen molar-refractivity contribution in [3.63, 3.8) is 0 Å². The van der Waals surface area contributed by atoms with Gasteiger partial charge in [0.1, 0.15) is 0 Å². The van der Waals surface area contributed by atoms with Crippen LogP contribution in [0, 0.1) is 17.8 Å². The fourth-order valence-electron chi connectivity index (χ4n) is 3.45. The smallest absolute Gasteiger partial charge is 0.225 e. The average Bonchev–Trinajstić information content (AvgIpc) is 2.37. The van der Waals surface area contributed by atoms with Crippen molar-refractivity contribution in [3.05, 3.63) is 0 Å². The number of hydrogen-bond acceptors (Lipinski definition) is 3. The Kier molecular flexibility index (Phi) is 4.62. The van der Waals surface area contributed by atoms with Gasteiger partial charge in [0, 0.05) is 31.7 Å². The summed E-state index contributed by atoms with van der Waals surface area (Å²) in [6, 6.07) is 0.192. The first-order valence-electron chi connectivity index (χ1n) is 7.25. The van der Waals surface area contributed by atoms with E-state index in [-0.39, 0.29) is 18.6 Å². The number of hydrogen-bond donors (Lipinski definition) is 2. The Hall–Kier alpha value is -0.610. The van der Waals surface area contributed by atoms with Crippen LogP contribution in [0.3, 0.4) is 0 Å². The highest BCUT2D eigenvalue weighted by molar-refractivity contribution is 5.79. The fourth-order valence-corrected chi connectivity index (χ4v) is 3.45. The summed E-state index contributed by atoms with van der Waals surface area (Å²) >= 11 is 0. The lowest BCUT2D eigenvalue weighted by Crippen LogP contribution is -2.45. The van der Waals surface area contributed by atoms with Crippen LogP contribution in [0.4, 0.5) is 0 Å². The molecule has 3 unspecified atom stereocenters. The summed E-state index contributed by atoms with van der Waals surface area (Å²) < 4.78 is 0. The first-order valence-corrected chi connectivity index (χ1v) is 7.25. The van der Waals surface area contributed by atoms with Gasteiger partial charge in [-0.1, -0.05) is 6.92 Å². The van der Waals surface area contributed by atoms with Crippen LogP contribution in [-0.2, 0) is 4.79 Å². The fraction of sp³-hybridized carbons (Fsp3) is 0.929. The number of likely N-dealkylation sites (tertiary alicyclic amines) is 1. The van der Waals surface area contributed by atoms with E-state index in [2.05, 4.69) is 6.92 Å². The molecule has 4 heteroatoms. The van der Waals surface area contributed by atoms with Crippen molar-refractivity contribution in [3.8, 4) is 0 Å². The van der Waals surface area contributed by atoms with Gasteiger partial charge in [0.25, 0.3) is 0 Å². The van der Waals surface area contributed by atoms with E-state index in [4.69, 9.17) is 10.8 Å². The number of piperidine rings is 1. The van der Waals surface area contributed by atoms with Crippen LogP contribution in [0.2, 0.25) is 0 Å². The Morgan fingerprint density at radius 2 is 1.94 bits per heavy atom. The Bertz CT molecular complexity index is 278. The van der Waals surface area contributed by atoms with Gasteiger partial charge in [-0.25, -0.2) is 0 Å². The van der Waals surface area contributed by atoms with E-state index in [0.29, 0.717) is 17.7 Å². The van der Waals surface area contributed by atoms with Gasteiger partial charge in [0.05, 0.1) is 0 Å². The highest BCUT2D eigenvalue weighted by Gasteiger charge is 2.33. The van der Waals surface area contributed by atoms with Crippen molar-refractivity contribution in [1.82, 2.24) is 4.90 Å². The molecule has 3 N–H and O–H groups in total. The van der Waals surface area contributed by atoms with Crippen LogP contribution < -0.4 is 5.73 Å². The second kappa shape index (κ2) is 6.02. The Morgan fingerprint density at radius 1 is 1.28 bits per heavy atom. The predicted octanol–water partition coefficient (Wildman–Crippen LogP) is 0.981. The van der Waals surface area contributed by atoms with E-state index in [1.54, 1.807) is 0 Å². The van der Waals surface area contributed by atoms with Gasteiger partial charge in [-0.05, 0) is 43.9 Å². The lowest BCUT2D eigenvalue weighted by molar-refractivity contribution is -0.138. The van der Waals surface area contributed by atoms with Gasteiger partial charge in [0.2, 0.25) is 5.91 Å². The Balaban J connectivity index is 1.87. The SMILES string of the molecule is CC1CC(N)CC(C(=O)N2CCC(CO)CC2)C1. The molecule has 1 saturated heterocycles. The van der Waals surface area contributed by atoms with E-state index < -0.39 is 0 Å². The molecule has 104 valence electrons. The summed E-state index contributed by atoms with van der Waals surface area (Å²) in [7, 11) is 0. The summed E-state index contributed by atoms with van der Waals surface area (Å²) in [5, 5.41) is 9.11. The third-order valence-corrected chi connectivity index (χ3v) is 4.51. The molecule has 18 heavy (non-hydrogen) atoms. The molecular weight excluding hydrogens is 228 g/mol. The number of nitrogens with two attached hydrogens (primary N) is 1. The number of amides is 1. The maximum absolute atomic E-state index is 12.4. The number of nitrogens with zero attached hydrogens (tertiary/aromatic N) is 1. The van der Waals surface area contributed by atoms with Crippen molar-refractivity contribution in [2.24, 2.45) is 23.5 Å². The molecule has 4 nitrogen and oxygen atoms in total. The molecule has 1 saturated carbocycles. The monoisotopic (exact) mass is 254 g/mol. The van der Waals surface area contributed by atoms with E-state index in [1.165, 1.54) is 0 Å². The molecule has 1 heterocycles. The third-order valence-electron chi connectivity index (χ3n) is 4.51. The quantitative estimate of drug-likeness (QED) is 0.772. The van der Waals surface area contributed by atoms with Crippen LogP contribution in [0.25, 0.3) is 0 Å². The standard InChI is InChI=1S/C14H26N2O2/c1-10-6-12(8-13(15)7-10)14(18)16-4-2-11(9-17)3-5-16/h10-13,17H,2-9,15H2,1H3. The maximum Gasteiger partial charge on any atom is 0.225 e. The minimum absolute atomic E-state index is 0.134. The zero-order chi connectivity index (χ0) is 13.1. The molecule has 2 rings (SSSR count). The highest BCUT2D eigenvalue weighted by atomic mass is 16.3. The summed E-state index contributed by atoms with van der Waals surface area (Å²) in [6.45, 7) is 4.07. The van der Waals surface area contributed by atoms with Gasteiger partial charge in [-0.15, -0.1) is 0 Å². The van der Waals surface area contributed by atoms with Gasteiger partial charge < -0.3 is 15.7 Å². The van der Waals surface area contributed by atoms with Crippen LogP contribution in [0.5, 0.6) is 0 Å². The number of aliphatic hydroxyl groups is 1. The van der Waals surface area contributed by atoms with Crippen LogP contribution >= 0.6 is 0 Å². The third kappa shape index (κ3) is 3.23. The highest BCUT2D eigenvalue weighted by Crippen LogP contribution is 2.30. The summed E-state index contributed by atoms with van der Waals surface area (Å²) in [4.78, 5) is 14.4. The zero-order valence-electron chi connectivity index (χ0n) is 11.3. The molecule has 1 amide bonds. The van der Waals surface area contributed by atoms with Gasteiger partial charge in [0.15, 0.2) is 0 Å². The summed E-state index contributed by atoms with van der Waals surface area (Å²) in [5.74, 6) is 1.39. The molecule has 2 aliphatic rings. The normalized spacial score (nSPS) is 34.6. The first-order chi connectivity index (χ1) is 8.60. The number of aliphatic hydroxyl groups excluding tert-OH is 1.